The third-order valence-corrected chi connectivity index (χ3v) is 2.46. The van der Waals surface area contributed by atoms with Crippen LogP contribution in [-0.4, -0.2) is 5.91 Å². The molecule has 0 fully saturated rings. The van der Waals surface area contributed by atoms with Crippen molar-refractivity contribution >= 4 is 17.5 Å². The van der Waals surface area contributed by atoms with E-state index in [1.165, 1.54) is 0 Å². The average molecular weight is 237 g/mol. The lowest BCUT2D eigenvalue weighted by molar-refractivity contribution is -0.124. The number of amides is 1. The molecule has 1 rings (SSSR count). The third-order valence-electron chi connectivity index (χ3n) is 2.15. The number of carbonyl (C=O) groups excluding carboxylic acids is 1. The minimum atomic E-state index is -0.0335. The van der Waals surface area contributed by atoms with E-state index < -0.39 is 0 Å². The Kier molecular flexibility index (Phi) is 4.33. The number of hydrogen-bond donors (Lipinski definition) is 1. The van der Waals surface area contributed by atoms with Crippen molar-refractivity contribution < 1.29 is 4.79 Å². The second-order valence-corrected chi connectivity index (χ2v) is 4.21. The number of nitriles is 1. The quantitative estimate of drug-likeness (QED) is 0.877. The molecule has 0 aromatic heterocycles. The van der Waals surface area contributed by atoms with E-state index in [1.807, 2.05) is 19.9 Å². The van der Waals surface area contributed by atoms with Gasteiger partial charge in [-0.3, -0.25) is 4.79 Å². The molecule has 0 saturated carbocycles. The van der Waals surface area contributed by atoms with Crippen molar-refractivity contribution in [2.24, 2.45) is 5.92 Å². The highest BCUT2D eigenvalue weighted by Crippen LogP contribution is 2.16. The van der Waals surface area contributed by atoms with Crippen molar-refractivity contribution in [2.45, 2.75) is 20.4 Å². The van der Waals surface area contributed by atoms with E-state index in [9.17, 15) is 4.79 Å². The van der Waals surface area contributed by atoms with Crippen LogP contribution < -0.4 is 5.32 Å². The molecular weight excluding hydrogens is 224 g/mol. The Hall–Kier alpha value is -1.53. The molecule has 1 aromatic carbocycles. The second-order valence-electron chi connectivity index (χ2n) is 3.80. The van der Waals surface area contributed by atoms with Gasteiger partial charge in [0.05, 0.1) is 10.6 Å². The van der Waals surface area contributed by atoms with Gasteiger partial charge in [-0.2, -0.15) is 5.26 Å². The van der Waals surface area contributed by atoms with Crippen molar-refractivity contribution in [1.29, 1.82) is 5.26 Å². The third kappa shape index (κ3) is 3.25. The number of hydrogen-bond acceptors (Lipinski definition) is 2. The molecule has 0 spiro atoms. The lowest BCUT2D eigenvalue weighted by Gasteiger charge is -2.08. The topological polar surface area (TPSA) is 52.9 Å². The summed E-state index contributed by atoms with van der Waals surface area (Å²) in [6, 6.07) is 7.12. The largest absolute Gasteiger partial charge is 0.352 e. The molecule has 3 nitrogen and oxygen atoms in total. The number of rotatable bonds is 3. The fourth-order valence-electron chi connectivity index (χ4n) is 1.15. The van der Waals surface area contributed by atoms with Crippen LogP contribution in [0.2, 0.25) is 5.02 Å². The predicted octanol–water partition coefficient (Wildman–Crippen LogP) is 2.48. The summed E-state index contributed by atoms with van der Waals surface area (Å²) >= 11 is 5.87. The van der Waals surface area contributed by atoms with Gasteiger partial charge in [0.1, 0.15) is 6.07 Å². The van der Waals surface area contributed by atoms with Gasteiger partial charge in [-0.25, -0.2) is 0 Å². The maximum absolute atomic E-state index is 11.3. The Morgan fingerprint density at radius 2 is 2.25 bits per heavy atom. The summed E-state index contributed by atoms with van der Waals surface area (Å²) in [6.07, 6.45) is 0. The molecule has 0 aliphatic rings. The van der Waals surface area contributed by atoms with E-state index in [0.29, 0.717) is 17.1 Å². The van der Waals surface area contributed by atoms with Crippen molar-refractivity contribution in [3.63, 3.8) is 0 Å². The van der Waals surface area contributed by atoms with E-state index in [0.717, 1.165) is 5.56 Å². The van der Waals surface area contributed by atoms with Crippen molar-refractivity contribution in [3.8, 4) is 6.07 Å². The van der Waals surface area contributed by atoms with Crippen LogP contribution in [0.5, 0.6) is 0 Å². The Morgan fingerprint density at radius 3 is 2.75 bits per heavy atom. The SMILES string of the molecule is CC(C)C(=O)NCc1ccc(C#N)c(Cl)c1. The first-order valence-electron chi connectivity index (χ1n) is 5.01. The van der Waals surface area contributed by atoms with Gasteiger partial charge in [0, 0.05) is 12.5 Å². The van der Waals surface area contributed by atoms with Crippen LogP contribution >= 0.6 is 11.6 Å². The highest BCUT2D eigenvalue weighted by molar-refractivity contribution is 6.31. The monoisotopic (exact) mass is 236 g/mol. The summed E-state index contributed by atoms with van der Waals surface area (Å²) < 4.78 is 0. The van der Waals surface area contributed by atoms with Crippen molar-refractivity contribution in [2.75, 3.05) is 0 Å². The van der Waals surface area contributed by atoms with E-state index in [1.54, 1.807) is 18.2 Å². The molecule has 0 atom stereocenters. The lowest BCUT2D eigenvalue weighted by atomic mass is 10.1. The molecule has 0 bridgehead atoms. The lowest BCUT2D eigenvalue weighted by Crippen LogP contribution is -2.27. The molecule has 0 radical (unpaired) electrons. The maximum Gasteiger partial charge on any atom is 0.222 e. The molecule has 0 aliphatic heterocycles. The van der Waals surface area contributed by atoms with Gasteiger partial charge in [-0.1, -0.05) is 31.5 Å². The Labute approximate surface area is 100 Å². The first-order chi connectivity index (χ1) is 7.54. The number of nitrogens with zero attached hydrogens (tertiary/aromatic N) is 1. The summed E-state index contributed by atoms with van der Waals surface area (Å²) in [4.78, 5) is 11.3. The van der Waals surface area contributed by atoms with Gasteiger partial charge >= 0.3 is 0 Å². The molecule has 1 N–H and O–H groups in total. The second kappa shape index (κ2) is 5.53. The van der Waals surface area contributed by atoms with Crippen LogP contribution in [0.1, 0.15) is 25.0 Å². The molecule has 1 aromatic rings. The fraction of sp³-hybridized carbons (Fsp3) is 0.333. The van der Waals surface area contributed by atoms with Crippen molar-refractivity contribution in [1.82, 2.24) is 5.32 Å². The number of nitrogens with one attached hydrogen (secondary N) is 1. The summed E-state index contributed by atoms with van der Waals surface area (Å²) in [5.41, 5.74) is 1.33. The first kappa shape index (κ1) is 12.5. The van der Waals surface area contributed by atoms with Crippen LogP contribution in [0.25, 0.3) is 0 Å². The van der Waals surface area contributed by atoms with Crippen LogP contribution in [-0.2, 0) is 11.3 Å². The molecule has 0 unspecified atom stereocenters. The van der Waals surface area contributed by atoms with E-state index >= 15 is 0 Å². The summed E-state index contributed by atoms with van der Waals surface area (Å²) in [5.74, 6) is -0.0330. The van der Waals surface area contributed by atoms with Crippen LogP contribution in [0.3, 0.4) is 0 Å². The summed E-state index contributed by atoms with van der Waals surface area (Å²) in [6.45, 7) is 4.10. The molecule has 0 heterocycles. The van der Waals surface area contributed by atoms with Gasteiger partial charge in [0.2, 0.25) is 5.91 Å². The van der Waals surface area contributed by atoms with Gasteiger partial charge in [0.15, 0.2) is 0 Å². The summed E-state index contributed by atoms with van der Waals surface area (Å²) in [5, 5.41) is 11.9. The zero-order valence-corrected chi connectivity index (χ0v) is 10.0. The van der Waals surface area contributed by atoms with E-state index in [2.05, 4.69) is 5.32 Å². The standard InChI is InChI=1S/C12H13ClN2O/c1-8(2)12(16)15-7-9-3-4-10(6-14)11(13)5-9/h3-5,8H,7H2,1-2H3,(H,15,16). The highest BCUT2D eigenvalue weighted by Gasteiger charge is 2.06. The molecule has 84 valence electrons. The molecule has 4 heteroatoms. The molecule has 0 saturated heterocycles. The Balaban J connectivity index is 2.66. The first-order valence-corrected chi connectivity index (χ1v) is 5.38. The van der Waals surface area contributed by atoms with Crippen molar-refractivity contribution in [3.05, 3.63) is 34.3 Å². The zero-order valence-electron chi connectivity index (χ0n) is 9.25. The number of benzene rings is 1. The fourth-order valence-corrected chi connectivity index (χ4v) is 1.40. The molecule has 1 amide bonds. The highest BCUT2D eigenvalue weighted by atomic mass is 35.5. The summed E-state index contributed by atoms with van der Waals surface area (Å²) in [7, 11) is 0. The Morgan fingerprint density at radius 1 is 1.56 bits per heavy atom. The van der Waals surface area contributed by atoms with Gasteiger partial charge in [0.25, 0.3) is 0 Å². The number of halogens is 1. The zero-order chi connectivity index (χ0) is 12.1. The smallest absolute Gasteiger partial charge is 0.222 e. The normalized spacial score (nSPS) is 9.94. The molecular formula is C12H13ClN2O. The van der Waals surface area contributed by atoms with Crippen LogP contribution in [0.4, 0.5) is 0 Å². The molecule has 0 aliphatic carbocycles. The van der Waals surface area contributed by atoms with E-state index in [-0.39, 0.29) is 11.8 Å². The number of carbonyl (C=O) groups is 1. The minimum absolute atomic E-state index is 0.000446. The maximum atomic E-state index is 11.3. The average Bonchev–Trinajstić information content (AvgIpc) is 2.25. The van der Waals surface area contributed by atoms with Crippen LogP contribution in [0, 0.1) is 17.2 Å². The van der Waals surface area contributed by atoms with Gasteiger partial charge in [-0.05, 0) is 17.7 Å². The van der Waals surface area contributed by atoms with E-state index in [4.69, 9.17) is 16.9 Å². The predicted molar refractivity (Wildman–Crippen MR) is 62.9 cm³/mol. The molecule has 16 heavy (non-hydrogen) atoms. The minimum Gasteiger partial charge on any atom is -0.352 e. The van der Waals surface area contributed by atoms with Crippen LogP contribution in [0.15, 0.2) is 18.2 Å². The Bertz CT molecular complexity index is 435. The van der Waals surface area contributed by atoms with Gasteiger partial charge in [-0.15, -0.1) is 0 Å². The van der Waals surface area contributed by atoms with Gasteiger partial charge < -0.3 is 5.32 Å².